The highest BCUT2D eigenvalue weighted by Gasteiger charge is 2.30. The van der Waals surface area contributed by atoms with E-state index in [0.717, 1.165) is 6.42 Å². The van der Waals surface area contributed by atoms with Crippen LogP contribution in [-0.2, 0) is 10.8 Å². The van der Waals surface area contributed by atoms with Crippen molar-refractivity contribution in [1.82, 2.24) is 0 Å². The first-order valence-corrected chi connectivity index (χ1v) is 15.8. The Bertz CT molecular complexity index is 1850. The molecule has 6 rings (SSSR count). The minimum atomic E-state index is -0.0843. The molecule has 0 aliphatic heterocycles. The fourth-order valence-electron chi connectivity index (χ4n) is 6.84. The predicted octanol–water partition coefficient (Wildman–Crippen LogP) is 10.1. The number of hydrogen-bond donors (Lipinski definition) is 0. The normalized spacial score (nSPS) is 14.5. The average Bonchev–Trinajstić information content (AvgIpc) is 3.58. The molecular weight excluding hydrogens is 516 g/mol. The molecule has 2 aliphatic rings. The number of hydrogen-bond acceptors (Lipinski definition) is 0. The molecule has 0 nitrogen and oxygen atoms in total. The molecule has 4 aromatic carbocycles. The maximum absolute atomic E-state index is 2.52. The Morgan fingerprint density at radius 1 is 0.581 bits per heavy atom. The topological polar surface area (TPSA) is 0 Å². The van der Waals surface area contributed by atoms with Gasteiger partial charge in [-0.15, -0.1) is 0 Å². The number of benzene rings is 4. The summed E-state index contributed by atoms with van der Waals surface area (Å²) in [6, 6.07) is 31.6. The van der Waals surface area contributed by atoms with Crippen LogP contribution in [0.25, 0.3) is 28.3 Å². The van der Waals surface area contributed by atoms with Crippen LogP contribution in [0.2, 0.25) is 0 Å². The van der Waals surface area contributed by atoms with Gasteiger partial charge in [0.05, 0.1) is 0 Å². The second kappa shape index (κ2) is 10.4. The Kier molecular flexibility index (Phi) is 7.04. The molecule has 218 valence electrons. The van der Waals surface area contributed by atoms with Gasteiger partial charge in [0.15, 0.2) is 0 Å². The van der Waals surface area contributed by atoms with Gasteiger partial charge in [-0.1, -0.05) is 153 Å². The minimum absolute atomic E-state index is 0.0843. The molecule has 0 heteroatoms. The lowest BCUT2D eigenvalue weighted by Crippen LogP contribution is -2.32. The molecule has 0 N–H and O–H groups in total. The fourth-order valence-corrected chi connectivity index (χ4v) is 6.84. The Hall–Kier alpha value is -3.90. The van der Waals surface area contributed by atoms with E-state index in [4.69, 9.17) is 0 Å². The Balaban J connectivity index is 1.81. The van der Waals surface area contributed by atoms with Crippen molar-refractivity contribution in [3.8, 4) is 11.1 Å². The molecule has 0 heterocycles. The van der Waals surface area contributed by atoms with Gasteiger partial charge in [-0.25, -0.2) is 0 Å². The molecule has 0 saturated carbocycles. The van der Waals surface area contributed by atoms with Crippen LogP contribution in [0.1, 0.15) is 102 Å². The minimum Gasteiger partial charge on any atom is -0.0763 e. The van der Waals surface area contributed by atoms with E-state index in [0.29, 0.717) is 0 Å². The highest BCUT2D eigenvalue weighted by molar-refractivity contribution is 5.91. The molecule has 0 bridgehead atoms. The lowest BCUT2D eigenvalue weighted by atomic mass is 9.76. The standard InChI is InChI=1S/C43H46/c1-41(2,3)32-21-20-30(24-32)39-36-26-31-25-33(42(4,5)6)22-23-34(31)35(36)27-37(40(39)43(7,8)9)38(28-16-12-10-13-17-28)29-18-14-11-15-19-29/h10-19,21-27H,20H2,1-9H3. The van der Waals surface area contributed by atoms with Gasteiger partial charge >= 0.3 is 0 Å². The van der Waals surface area contributed by atoms with Gasteiger partial charge in [0.25, 0.3) is 0 Å². The summed E-state index contributed by atoms with van der Waals surface area (Å²) in [5.74, 6) is 0. The second-order valence-electron chi connectivity index (χ2n) is 15.5. The van der Waals surface area contributed by atoms with Crippen molar-refractivity contribution in [2.24, 2.45) is 5.41 Å². The molecule has 0 fully saturated rings. The summed E-state index contributed by atoms with van der Waals surface area (Å²) < 4.78 is 0. The van der Waals surface area contributed by atoms with Crippen LogP contribution in [0.3, 0.4) is 0 Å². The summed E-state index contributed by atoms with van der Waals surface area (Å²) in [6.07, 6.45) is 8.40. The van der Waals surface area contributed by atoms with Crippen molar-refractivity contribution < 1.29 is 0 Å². The first-order chi connectivity index (χ1) is 20.2. The smallest absolute Gasteiger partial charge is 0.00354 e. The van der Waals surface area contributed by atoms with Gasteiger partial charge in [-0.05, 0) is 106 Å². The number of rotatable bonds is 3. The zero-order valence-corrected chi connectivity index (χ0v) is 27.5. The van der Waals surface area contributed by atoms with Crippen molar-refractivity contribution >= 4 is 17.2 Å². The summed E-state index contributed by atoms with van der Waals surface area (Å²) in [5, 5.41) is 2.72. The van der Waals surface area contributed by atoms with Crippen LogP contribution in [-0.4, -0.2) is 0 Å². The van der Waals surface area contributed by atoms with Gasteiger partial charge in [0.2, 0.25) is 0 Å². The molecular formula is C43H46. The fraction of sp³-hybridized carbons (Fsp3) is 0.302. The van der Waals surface area contributed by atoms with E-state index in [2.05, 4.69) is 165 Å². The maximum atomic E-state index is 2.52. The third-order valence-electron chi connectivity index (χ3n) is 9.08. The molecule has 4 aromatic rings. The molecule has 0 unspecified atom stereocenters. The largest absolute Gasteiger partial charge is 0.0763 e. The highest BCUT2D eigenvalue weighted by Crippen LogP contribution is 2.41. The summed E-state index contributed by atoms with van der Waals surface area (Å²) in [6.45, 7) is 21.1. The highest BCUT2D eigenvalue weighted by atomic mass is 14.3. The second-order valence-corrected chi connectivity index (χ2v) is 15.5. The number of fused-ring (bicyclic) bond motifs is 3. The van der Waals surface area contributed by atoms with E-state index >= 15 is 0 Å². The SMILES string of the molecule is CC(C)(C)C1=CCC(c2c(C(C)(C)C)c(=C(c3ccccc3)c3ccccc3)cc3c2=Cc2cc(C(C)(C)C)ccc2-3)=C1. The molecule has 0 saturated heterocycles. The third-order valence-corrected chi connectivity index (χ3v) is 9.08. The van der Waals surface area contributed by atoms with Crippen molar-refractivity contribution in [1.29, 1.82) is 0 Å². The number of allylic oxidation sites excluding steroid dienone is 4. The van der Waals surface area contributed by atoms with Crippen molar-refractivity contribution in [3.63, 3.8) is 0 Å². The molecule has 2 aliphatic carbocycles. The van der Waals surface area contributed by atoms with Crippen LogP contribution in [0.4, 0.5) is 0 Å². The lowest BCUT2D eigenvalue weighted by molar-refractivity contribution is 0.518. The summed E-state index contributed by atoms with van der Waals surface area (Å²) >= 11 is 0. The van der Waals surface area contributed by atoms with E-state index < -0.39 is 0 Å². The van der Waals surface area contributed by atoms with Crippen LogP contribution in [0.5, 0.6) is 0 Å². The van der Waals surface area contributed by atoms with Gasteiger partial charge in [-0.3, -0.25) is 0 Å². The Labute approximate surface area is 259 Å². The molecule has 0 amide bonds. The monoisotopic (exact) mass is 562 g/mol. The zero-order chi connectivity index (χ0) is 30.7. The molecule has 0 atom stereocenters. The Morgan fingerprint density at radius 2 is 1.19 bits per heavy atom. The molecule has 43 heavy (non-hydrogen) atoms. The Morgan fingerprint density at radius 3 is 1.70 bits per heavy atom. The summed E-state index contributed by atoms with van der Waals surface area (Å²) in [5.41, 5.74) is 15.1. The van der Waals surface area contributed by atoms with Crippen LogP contribution in [0.15, 0.2) is 103 Å². The first-order valence-electron chi connectivity index (χ1n) is 15.8. The van der Waals surface area contributed by atoms with E-state index in [1.807, 2.05) is 0 Å². The predicted molar refractivity (Wildman–Crippen MR) is 187 cm³/mol. The first kappa shape index (κ1) is 29.2. The van der Waals surface area contributed by atoms with Gasteiger partial charge in [0.1, 0.15) is 0 Å². The molecule has 0 radical (unpaired) electrons. The maximum Gasteiger partial charge on any atom is -0.00354 e. The lowest BCUT2D eigenvalue weighted by Gasteiger charge is -2.28. The summed E-state index contributed by atoms with van der Waals surface area (Å²) in [7, 11) is 0. The van der Waals surface area contributed by atoms with Crippen LogP contribution < -0.4 is 10.4 Å². The zero-order valence-electron chi connectivity index (χ0n) is 27.5. The third kappa shape index (κ3) is 5.38. The van der Waals surface area contributed by atoms with Gasteiger partial charge in [-0.2, -0.15) is 0 Å². The van der Waals surface area contributed by atoms with E-state index in [1.54, 1.807) is 0 Å². The van der Waals surface area contributed by atoms with Gasteiger partial charge < -0.3 is 0 Å². The van der Waals surface area contributed by atoms with Crippen molar-refractivity contribution in [3.05, 3.63) is 146 Å². The van der Waals surface area contributed by atoms with Crippen LogP contribution >= 0.6 is 0 Å². The molecule has 0 aromatic heterocycles. The van der Waals surface area contributed by atoms with Crippen molar-refractivity contribution in [2.75, 3.05) is 0 Å². The van der Waals surface area contributed by atoms with Crippen LogP contribution in [0, 0.1) is 5.41 Å². The van der Waals surface area contributed by atoms with E-state index in [9.17, 15) is 0 Å². The quantitative estimate of drug-likeness (QED) is 0.205. The summed E-state index contributed by atoms with van der Waals surface area (Å²) in [4.78, 5) is 0. The average molecular weight is 563 g/mol. The van der Waals surface area contributed by atoms with E-state index in [-0.39, 0.29) is 16.2 Å². The van der Waals surface area contributed by atoms with E-state index in [1.165, 1.54) is 71.7 Å². The molecule has 0 spiro atoms. The van der Waals surface area contributed by atoms with Gasteiger partial charge in [0, 0.05) is 0 Å². The van der Waals surface area contributed by atoms with Crippen molar-refractivity contribution in [2.45, 2.75) is 79.6 Å².